The van der Waals surface area contributed by atoms with Crippen LogP contribution in [0.2, 0.25) is 0 Å². The summed E-state index contributed by atoms with van der Waals surface area (Å²) in [5.74, 6) is -3.08. The Hall–Kier alpha value is -3.79. The topological polar surface area (TPSA) is 132 Å². The quantitative estimate of drug-likeness (QED) is 0.126. The van der Waals surface area contributed by atoms with Crippen LogP contribution in [0.3, 0.4) is 0 Å². The van der Waals surface area contributed by atoms with Crippen molar-refractivity contribution in [3.05, 3.63) is 63.3 Å². The SMILES string of the molecule is C=CC(=O)CCC(CC)(COCC(COC(=O)C=C)(COC(=O)C=C)COC(=O)C=C)COC(=O)C=C. The predicted octanol–water partition coefficient (Wildman–Crippen LogP) is 2.84. The fourth-order valence-corrected chi connectivity index (χ4v) is 2.92. The maximum absolute atomic E-state index is 11.9. The fraction of sp³-hybridized carbons (Fsp3) is 0.444. The van der Waals surface area contributed by atoms with E-state index < -0.39 is 34.7 Å². The van der Waals surface area contributed by atoms with Gasteiger partial charge in [-0.05, 0) is 18.9 Å². The molecule has 0 bridgehead atoms. The Bertz CT molecular complexity index is 787. The van der Waals surface area contributed by atoms with Gasteiger partial charge in [0.1, 0.15) is 19.8 Å². The lowest BCUT2D eigenvalue weighted by atomic mass is 9.81. The Morgan fingerprint density at radius 2 is 0.919 bits per heavy atom. The Morgan fingerprint density at radius 1 is 0.568 bits per heavy atom. The average molecular weight is 521 g/mol. The summed E-state index contributed by atoms with van der Waals surface area (Å²) in [7, 11) is 0. The highest BCUT2D eigenvalue weighted by molar-refractivity contribution is 5.89. The van der Waals surface area contributed by atoms with Crippen LogP contribution in [0.25, 0.3) is 0 Å². The number of carbonyl (C=O) groups is 5. The summed E-state index contributed by atoms with van der Waals surface area (Å²) in [6, 6.07) is 0. The van der Waals surface area contributed by atoms with Crippen molar-refractivity contribution >= 4 is 29.7 Å². The zero-order chi connectivity index (χ0) is 28.3. The van der Waals surface area contributed by atoms with Crippen LogP contribution in [0.1, 0.15) is 26.2 Å². The van der Waals surface area contributed by atoms with Gasteiger partial charge in [-0.3, -0.25) is 4.79 Å². The third-order valence-electron chi connectivity index (χ3n) is 5.45. The van der Waals surface area contributed by atoms with E-state index in [0.717, 1.165) is 24.3 Å². The van der Waals surface area contributed by atoms with E-state index in [1.165, 1.54) is 6.08 Å². The van der Waals surface area contributed by atoms with Crippen molar-refractivity contribution in [2.45, 2.75) is 26.2 Å². The summed E-state index contributed by atoms with van der Waals surface area (Å²) in [5.41, 5.74) is -2.08. The first kappa shape index (κ1) is 33.2. The minimum Gasteiger partial charge on any atom is -0.462 e. The van der Waals surface area contributed by atoms with Gasteiger partial charge in [0.05, 0.1) is 25.2 Å². The molecule has 204 valence electrons. The first-order valence-electron chi connectivity index (χ1n) is 11.4. The summed E-state index contributed by atoms with van der Waals surface area (Å²) >= 11 is 0. The van der Waals surface area contributed by atoms with Crippen LogP contribution in [0.4, 0.5) is 0 Å². The largest absolute Gasteiger partial charge is 0.462 e. The summed E-state index contributed by atoms with van der Waals surface area (Å²) < 4.78 is 26.8. The summed E-state index contributed by atoms with van der Waals surface area (Å²) in [6.45, 7) is 17.4. The first-order valence-corrected chi connectivity index (χ1v) is 11.4. The second-order valence-corrected chi connectivity index (χ2v) is 8.26. The molecule has 0 fully saturated rings. The van der Waals surface area contributed by atoms with Gasteiger partial charge in [0, 0.05) is 36.1 Å². The zero-order valence-corrected chi connectivity index (χ0v) is 21.4. The van der Waals surface area contributed by atoms with Crippen LogP contribution in [0, 0.1) is 10.8 Å². The summed E-state index contributed by atoms with van der Waals surface area (Å²) in [4.78, 5) is 58.9. The molecule has 1 atom stereocenters. The molecule has 0 heterocycles. The fourth-order valence-electron chi connectivity index (χ4n) is 2.92. The first-order chi connectivity index (χ1) is 17.5. The number of esters is 4. The Morgan fingerprint density at radius 3 is 1.24 bits per heavy atom. The molecule has 1 unspecified atom stereocenters. The standard InChI is InChI=1S/C27H36O10/c1-7-21(28)13-14-26(12-6,17-34-22(29)8-2)15-33-16-27(18-35-23(30)9-3,19-36-24(31)10-4)20-37-25(32)11-5/h7-11H,1-5,12-20H2,6H3. The second-order valence-electron chi connectivity index (χ2n) is 8.26. The highest BCUT2D eigenvalue weighted by Gasteiger charge is 2.38. The number of hydrogen-bond donors (Lipinski definition) is 0. The normalized spacial score (nSPS) is 12.1. The lowest BCUT2D eigenvalue weighted by Gasteiger charge is -2.35. The van der Waals surface area contributed by atoms with E-state index in [4.69, 9.17) is 23.7 Å². The molecule has 0 aliphatic rings. The van der Waals surface area contributed by atoms with Crippen LogP contribution in [0.5, 0.6) is 0 Å². The van der Waals surface area contributed by atoms with Crippen molar-refractivity contribution in [3.63, 3.8) is 0 Å². The van der Waals surface area contributed by atoms with E-state index in [1.807, 2.05) is 6.92 Å². The molecule has 0 N–H and O–H groups in total. The van der Waals surface area contributed by atoms with Gasteiger partial charge in [-0.1, -0.05) is 39.8 Å². The van der Waals surface area contributed by atoms with Gasteiger partial charge in [-0.15, -0.1) is 0 Å². The van der Waals surface area contributed by atoms with E-state index >= 15 is 0 Å². The molecule has 0 rings (SSSR count). The van der Waals surface area contributed by atoms with E-state index in [-0.39, 0.29) is 51.8 Å². The van der Waals surface area contributed by atoms with Crippen LogP contribution in [-0.4, -0.2) is 69.3 Å². The highest BCUT2D eigenvalue weighted by Crippen LogP contribution is 2.31. The lowest BCUT2D eigenvalue weighted by Crippen LogP contribution is -2.44. The van der Waals surface area contributed by atoms with Crippen LogP contribution < -0.4 is 0 Å². The number of hydrogen-bond acceptors (Lipinski definition) is 10. The highest BCUT2D eigenvalue weighted by atomic mass is 16.6. The summed E-state index contributed by atoms with van der Waals surface area (Å²) in [6.07, 6.45) is 6.00. The van der Waals surface area contributed by atoms with Gasteiger partial charge in [0.2, 0.25) is 0 Å². The van der Waals surface area contributed by atoms with Crippen molar-refractivity contribution in [3.8, 4) is 0 Å². The molecular weight excluding hydrogens is 484 g/mol. The minimum atomic E-state index is -1.32. The van der Waals surface area contributed by atoms with Gasteiger partial charge in [0.15, 0.2) is 5.78 Å². The third kappa shape index (κ3) is 13.2. The molecule has 10 nitrogen and oxygen atoms in total. The Kier molecular flexibility index (Phi) is 15.8. The van der Waals surface area contributed by atoms with E-state index in [2.05, 4.69) is 32.9 Å². The van der Waals surface area contributed by atoms with Crippen molar-refractivity contribution < 1.29 is 47.7 Å². The zero-order valence-electron chi connectivity index (χ0n) is 21.4. The molecule has 0 aromatic carbocycles. The molecule has 10 heteroatoms. The molecule has 0 aromatic rings. The number of rotatable bonds is 21. The molecule has 0 spiro atoms. The molecule has 0 radical (unpaired) electrons. The lowest BCUT2D eigenvalue weighted by molar-refractivity contribution is -0.163. The summed E-state index contributed by atoms with van der Waals surface area (Å²) in [5, 5.41) is 0. The molecule has 0 saturated carbocycles. The molecule has 0 saturated heterocycles. The van der Waals surface area contributed by atoms with Crippen LogP contribution >= 0.6 is 0 Å². The molecule has 0 aliphatic heterocycles. The van der Waals surface area contributed by atoms with Gasteiger partial charge in [-0.25, -0.2) is 19.2 Å². The monoisotopic (exact) mass is 520 g/mol. The van der Waals surface area contributed by atoms with E-state index in [1.54, 1.807) is 0 Å². The van der Waals surface area contributed by atoms with Gasteiger partial charge in [-0.2, -0.15) is 0 Å². The van der Waals surface area contributed by atoms with Gasteiger partial charge < -0.3 is 23.7 Å². The molecule has 37 heavy (non-hydrogen) atoms. The third-order valence-corrected chi connectivity index (χ3v) is 5.45. The number of ketones is 1. The molecule has 0 aromatic heterocycles. The Labute approximate surface area is 217 Å². The maximum Gasteiger partial charge on any atom is 0.330 e. The number of carbonyl (C=O) groups excluding carboxylic acids is 5. The maximum atomic E-state index is 11.9. The van der Waals surface area contributed by atoms with Crippen LogP contribution in [-0.2, 0) is 47.7 Å². The number of ether oxygens (including phenoxy) is 5. The van der Waals surface area contributed by atoms with Crippen molar-refractivity contribution in [1.29, 1.82) is 0 Å². The molecular formula is C27H36O10. The predicted molar refractivity (Wildman–Crippen MR) is 135 cm³/mol. The Balaban J connectivity index is 5.92. The number of allylic oxidation sites excluding steroid dienone is 1. The van der Waals surface area contributed by atoms with Crippen molar-refractivity contribution in [2.75, 3.05) is 39.6 Å². The smallest absolute Gasteiger partial charge is 0.330 e. The van der Waals surface area contributed by atoms with Crippen LogP contribution in [0.15, 0.2) is 63.3 Å². The minimum absolute atomic E-state index is 0.000308. The van der Waals surface area contributed by atoms with Crippen molar-refractivity contribution in [1.82, 2.24) is 0 Å². The van der Waals surface area contributed by atoms with Gasteiger partial charge in [0.25, 0.3) is 0 Å². The van der Waals surface area contributed by atoms with Gasteiger partial charge >= 0.3 is 23.9 Å². The molecule has 0 amide bonds. The molecule has 0 aliphatic carbocycles. The average Bonchev–Trinajstić information content (AvgIpc) is 2.93. The van der Waals surface area contributed by atoms with E-state index in [9.17, 15) is 24.0 Å². The van der Waals surface area contributed by atoms with E-state index in [0.29, 0.717) is 12.8 Å². The van der Waals surface area contributed by atoms with Crippen molar-refractivity contribution in [2.24, 2.45) is 10.8 Å². The second kappa shape index (κ2) is 17.6.